The fourth-order valence-corrected chi connectivity index (χ4v) is 2.74. The minimum absolute atomic E-state index is 0.00386. The van der Waals surface area contributed by atoms with E-state index in [0.29, 0.717) is 0 Å². The van der Waals surface area contributed by atoms with Crippen molar-refractivity contribution in [1.29, 1.82) is 0 Å². The molecule has 0 aromatic rings. The molecule has 4 N–H and O–H groups in total. The Morgan fingerprint density at radius 2 is 1.77 bits per heavy atom. The molecule has 1 aliphatic rings. The molecule has 9 heteroatoms. The number of aliphatic hydroxyl groups is 1. The second-order valence-corrected chi connectivity index (χ2v) is 6.34. The highest BCUT2D eigenvalue weighted by molar-refractivity contribution is 7.45. The van der Waals surface area contributed by atoms with Gasteiger partial charge in [0, 0.05) is 12.7 Å². The topological polar surface area (TPSA) is 125 Å². The Bertz CT molecular complexity index is 347. The zero-order chi connectivity index (χ0) is 16.4. The van der Waals surface area contributed by atoms with E-state index in [4.69, 9.17) is 19.3 Å². The van der Waals surface area contributed by atoms with Crippen LogP contribution < -0.4 is 5.32 Å². The van der Waals surface area contributed by atoms with Crippen molar-refractivity contribution in [2.24, 2.45) is 5.92 Å². The zero-order valence-corrected chi connectivity index (χ0v) is 13.3. The van der Waals surface area contributed by atoms with Gasteiger partial charge in [-0.15, -0.1) is 0 Å². The fraction of sp³-hybridized carbons (Fsp3) is 0.846. The number of carbonyl (C=O) groups excluding carboxylic acids is 2. The third-order valence-electron chi connectivity index (χ3n) is 3.36. The minimum Gasteiger partial charge on any atom is -0.462 e. The van der Waals surface area contributed by atoms with E-state index in [0.717, 1.165) is 32.1 Å². The van der Waals surface area contributed by atoms with Crippen LogP contribution in [0.1, 0.15) is 32.1 Å². The van der Waals surface area contributed by atoms with E-state index in [9.17, 15) is 14.7 Å². The van der Waals surface area contributed by atoms with Crippen molar-refractivity contribution >= 4 is 20.4 Å². The lowest BCUT2D eigenvalue weighted by Crippen LogP contribution is -2.34. The van der Waals surface area contributed by atoms with Gasteiger partial charge in [-0.05, 0) is 12.8 Å². The van der Waals surface area contributed by atoms with Crippen molar-refractivity contribution in [2.75, 3.05) is 25.9 Å². The SMILES string of the molecule is O=C(NC[C@H](O)CP(O)O)OCCOC(=O)C1CCCCC1. The first-order chi connectivity index (χ1) is 10.5. The first-order valence-corrected chi connectivity index (χ1v) is 8.83. The summed E-state index contributed by atoms with van der Waals surface area (Å²) in [6.07, 6.45) is 2.97. The maximum Gasteiger partial charge on any atom is 0.407 e. The summed E-state index contributed by atoms with van der Waals surface area (Å²) in [5.41, 5.74) is 0. The molecule has 1 rings (SSSR count). The van der Waals surface area contributed by atoms with Gasteiger partial charge in [-0.25, -0.2) is 4.79 Å². The van der Waals surface area contributed by atoms with Gasteiger partial charge in [0.25, 0.3) is 0 Å². The normalized spacial score (nSPS) is 17.1. The maximum atomic E-state index is 11.7. The third-order valence-corrected chi connectivity index (χ3v) is 4.10. The first-order valence-electron chi connectivity index (χ1n) is 7.39. The molecule has 1 saturated carbocycles. The number of carbonyl (C=O) groups is 2. The molecule has 0 heterocycles. The van der Waals surface area contributed by atoms with Crippen LogP contribution in [0, 0.1) is 5.92 Å². The van der Waals surface area contributed by atoms with Crippen LogP contribution in [0.25, 0.3) is 0 Å². The van der Waals surface area contributed by atoms with Gasteiger partial charge >= 0.3 is 12.1 Å². The van der Waals surface area contributed by atoms with Crippen LogP contribution in [0.4, 0.5) is 4.79 Å². The van der Waals surface area contributed by atoms with Gasteiger partial charge in [0.05, 0.1) is 12.0 Å². The quantitative estimate of drug-likeness (QED) is 0.289. The van der Waals surface area contributed by atoms with E-state index in [1.54, 1.807) is 0 Å². The number of hydrogen-bond acceptors (Lipinski definition) is 7. The van der Waals surface area contributed by atoms with Gasteiger partial charge in [0.15, 0.2) is 8.38 Å². The van der Waals surface area contributed by atoms with Crippen LogP contribution >= 0.6 is 8.38 Å². The Kier molecular flexibility index (Phi) is 9.31. The first kappa shape index (κ1) is 19.1. The van der Waals surface area contributed by atoms with Crippen molar-refractivity contribution in [3.05, 3.63) is 0 Å². The third kappa shape index (κ3) is 8.48. The molecule has 0 aliphatic heterocycles. The molecule has 22 heavy (non-hydrogen) atoms. The second-order valence-electron chi connectivity index (χ2n) is 5.23. The molecule has 0 spiro atoms. The molecule has 1 amide bonds. The van der Waals surface area contributed by atoms with E-state index in [1.165, 1.54) is 0 Å². The molecule has 0 unspecified atom stereocenters. The summed E-state index contributed by atoms with van der Waals surface area (Å²) >= 11 is 0. The summed E-state index contributed by atoms with van der Waals surface area (Å²) in [4.78, 5) is 40.4. The van der Waals surface area contributed by atoms with Crippen LogP contribution in [0.2, 0.25) is 0 Å². The monoisotopic (exact) mass is 337 g/mol. The van der Waals surface area contributed by atoms with Crippen molar-refractivity contribution in [3.63, 3.8) is 0 Å². The zero-order valence-electron chi connectivity index (χ0n) is 12.4. The molecule has 0 saturated heterocycles. The van der Waals surface area contributed by atoms with E-state index in [1.807, 2.05) is 0 Å². The van der Waals surface area contributed by atoms with Crippen molar-refractivity contribution < 1.29 is 34.0 Å². The molecule has 0 aromatic carbocycles. The highest BCUT2D eigenvalue weighted by Gasteiger charge is 2.22. The van der Waals surface area contributed by atoms with E-state index in [-0.39, 0.29) is 37.8 Å². The lowest BCUT2D eigenvalue weighted by molar-refractivity contribution is -0.150. The summed E-state index contributed by atoms with van der Waals surface area (Å²) in [7, 11) is -2.20. The Labute approximate surface area is 130 Å². The Morgan fingerprint density at radius 1 is 1.14 bits per heavy atom. The number of amides is 1. The maximum absolute atomic E-state index is 11.7. The van der Waals surface area contributed by atoms with Gasteiger partial charge < -0.3 is 29.7 Å². The smallest absolute Gasteiger partial charge is 0.407 e. The Hall–Kier alpha value is -0.950. The van der Waals surface area contributed by atoms with E-state index < -0.39 is 20.6 Å². The number of nitrogens with one attached hydrogen (secondary N) is 1. The largest absolute Gasteiger partial charge is 0.462 e. The molecular weight excluding hydrogens is 313 g/mol. The molecule has 8 nitrogen and oxygen atoms in total. The Balaban J connectivity index is 2.03. The number of ether oxygens (including phenoxy) is 2. The van der Waals surface area contributed by atoms with Crippen LogP contribution in [-0.4, -0.2) is 59.0 Å². The molecule has 1 fully saturated rings. The summed E-state index contributed by atoms with van der Waals surface area (Å²) in [5.74, 6) is -0.275. The van der Waals surface area contributed by atoms with Gasteiger partial charge in [-0.1, -0.05) is 19.3 Å². The minimum atomic E-state index is -2.20. The number of aliphatic hydroxyl groups excluding tert-OH is 1. The van der Waals surface area contributed by atoms with E-state index in [2.05, 4.69) is 5.32 Å². The number of hydrogen-bond donors (Lipinski definition) is 4. The standard InChI is InChI=1S/C13H24NO7P/c15-11(9-22(18)19)8-14-13(17)21-7-6-20-12(16)10-4-2-1-3-5-10/h10-11,15,18-19H,1-9H2,(H,14,17)/t11-/m0/s1. The summed E-state index contributed by atoms with van der Waals surface area (Å²) in [5, 5.41) is 11.6. The fourth-order valence-electron chi connectivity index (χ4n) is 2.24. The highest BCUT2D eigenvalue weighted by Crippen LogP contribution is 2.24. The number of alkyl carbamates (subject to hydrolysis) is 1. The second kappa shape index (κ2) is 10.7. The molecular formula is C13H24NO7P. The number of esters is 1. The van der Waals surface area contributed by atoms with Crippen LogP contribution in [0.3, 0.4) is 0 Å². The molecule has 1 atom stereocenters. The lowest BCUT2D eigenvalue weighted by atomic mass is 9.89. The molecule has 0 aromatic heterocycles. The predicted molar refractivity (Wildman–Crippen MR) is 79.1 cm³/mol. The summed E-state index contributed by atoms with van der Waals surface area (Å²) in [6, 6.07) is 0. The van der Waals surface area contributed by atoms with Gasteiger partial charge in [0.1, 0.15) is 13.2 Å². The van der Waals surface area contributed by atoms with Crippen LogP contribution in [0.15, 0.2) is 0 Å². The number of rotatable bonds is 8. The molecule has 0 bridgehead atoms. The molecule has 0 radical (unpaired) electrons. The van der Waals surface area contributed by atoms with E-state index >= 15 is 0 Å². The predicted octanol–water partition coefficient (Wildman–Crippen LogP) is 0.493. The lowest BCUT2D eigenvalue weighted by Gasteiger charge is -2.19. The van der Waals surface area contributed by atoms with Crippen LogP contribution in [0.5, 0.6) is 0 Å². The average molecular weight is 337 g/mol. The van der Waals surface area contributed by atoms with Crippen molar-refractivity contribution in [1.82, 2.24) is 5.32 Å². The van der Waals surface area contributed by atoms with Crippen LogP contribution in [-0.2, 0) is 14.3 Å². The van der Waals surface area contributed by atoms with Gasteiger partial charge in [-0.3, -0.25) is 4.79 Å². The van der Waals surface area contributed by atoms with Gasteiger partial charge in [0.2, 0.25) is 0 Å². The van der Waals surface area contributed by atoms with Crippen molar-refractivity contribution in [3.8, 4) is 0 Å². The summed E-state index contributed by atoms with van der Waals surface area (Å²) < 4.78 is 9.83. The Morgan fingerprint density at radius 3 is 2.41 bits per heavy atom. The summed E-state index contributed by atoms with van der Waals surface area (Å²) in [6.45, 7) is -0.197. The van der Waals surface area contributed by atoms with Gasteiger partial charge in [-0.2, -0.15) is 0 Å². The molecule has 128 valence electrons. The van der Waals surface area contributed by atoms with Crippen molar-refractivity contribution in [2.45, 2.75) is 38.2 Å². The molecule has 1 aliphatic carbocycles. The average Bonchev–Trinajstić information content (AvgIpc) is 2.49. The highest BCUT2D eigenvalue weighted by atomic mass is 31.2.